The van der Waals surface area contributed by atoms with Crippen molar-refractivity contribution in [1.82, 2.24) is 5.43 Å². The third-order valence-electron chi connectivity index (χ3n) is 2.72. The van der Waals surface area contributed by atoms with Crippen LogP contribution in [0.2, 0.25) is 0 Å². The summed E-state index contributed by atoms with van der Waals surface area (Å²) in [6.45, 7) is 8.26. The highest BCUT2D eigenvalue weighted by molar-refractivity contribution is 5.94. The highest BCUT2D eigenvalue weighted by Crippen LogP contribution is 2.18. The molecular weight excluding hydrogens is 256 g/mol. The van der Waals surface area contributed by atoms with Crippen LogP contribution in [0, 0.1) is 5.41 Å². The van der Waals surface area contributed by atoms with Crippen molar-refractivity contribution in [3.8, 4) is 5.75 Å². The molecule has 0 unspecified atom stereocenters. The van der Waals surface area contributed by atoms with Crippen LogP contribution in [0.4, 0.5) is 0 Å². The van der Waals surface area contributed by atoms with Crippen molar-refractivity contribution in [2.75, 3.05) is 19.8 Å². The SMILES string of the molecule is CC(C)(C)CCOCCOc1cccc(C(=O)NN)c1. The number of carbonyl (C=O) groups excluding carboxylic acids is 1. The first kappa shape index (κ1) is 16.5. The smallest absolute Gasteiger partial charge is 0.265 e. The van der Waals surface area contributed by atoms with E-state index in [9.17, 15) is 4.79 Å². The molecule has 0 aliphatic carbocycles. The van der Waals surface area contributed by atoms with Crippen molar-refractivity contribution in [3.05, 3.63) is 29.8 Å². The third-order valence-corrected chi connectivity index (χ3v) is 2.72. The molecule has 0 saturated heterocycles. The van der Waals surface area contributed by atoms with Crippen molar-refractivity contribution in [2.24, 2.45) is 11.3 Å². The fourth-order valence-corrected chi connectivity index (χ4v) is 1.51. The number of hydrogen-bond acceptors (Lipinski definition) is 4. The molecule has 0 fully saturated rings. The second-order valence-electron chi connectivity index (χ2n) is 5.77. The van der Waals surface area contributed by atoms with Crippen LogP contribution in [0.15, 0.2) is 24.3 Å². The number of nitrogens with one attached hydrogen (secondary N) is 1. The zero-order valence-corrected chi connectivity index (χ0v) is 12.4. The maximum absolute atomic E-state index is 11.4. The van der Waals surface area contributed by atoms with E-state index in [0.29, 0.717) is 24.5 Å². The molecule has 0 aromatic heterocycles. The summed E-state index contributed by atoms with van der Waals surface area (Å²) in [5.41, 5.74) is 2.84. The van der Waals surface area contributed by atoms with E-state index >= 15 is 0 Å². The van der Waals surface area contributed by atoms with Gasteiger partial charge in [-0.05, 0) is 30.0 Å². The molecule has 1 aromatic rings. The summed E-state index contributed by atoms with van der Waals surface area (Å²) in [6, 6.07) is 6.87. The Morgan fingerprint density at radius 1 is 1.25 bits per heavy atom. The van der Waals surface area contributed by atoms with Crippen LogP contribution in [0.1, 0.15) is 37.6 Å². The molecule has 0 heterocycles. The Morgan fingerprint density at radius 3 is 2.65 bits per heavy atom. The Morgan fingerprint density at radius 2 is 2.00 bits per heavy atom. The largest absolute Gasteiger partial charge is 0.491 e. The molecule has 20 heavy (non-hydrogen) atoms. The maximum atomic E-state index is 11.4. The predicted molar refractivity (Wildman–Crippen MR) is 78.5 cm³/mol. The van der Waals surface area contributed by atoms with Gasteiger partial charge in [-0.1, -0.05) is 26.8 Å². The molecule has 5 heteroatoms. The summed E-state index contributed by atoms with van der Waals surface area (Å²) in [5.74, 6) is 5.38. The first-order valence-electron chi connectivity index (χ1n) is 6.74. The quantitative estimate of drug-likeness (QED) is 0.347. The molecule has 0 aliphatic rings. The van der Waals surface area contributed by atoms with Crippen LogP contribution in [-0.2, 0) is 4.74 Å². The number of benzene rings is 1. The summed E-state index contributed by atoms with van der Waals surface area (Å²) in [4.78, 5) is 11.4. The third kappa shape index (κ3) is 6.54. The molecule has 0 saturated carbocycles. The number of ether oxygens (including phenoxy) is 2. The highest BCUT2D eigenvalue weighted by Gasteiger charge is 2.09. The lowest BCUT2D eigenvalue weighted by Gasteiger charge is -2.17. The number of nitrogens with two attached hydrogens (primary N) is 1. The van der Waals surface area contributed by atoms with Gasteiger partial charge in [-0.2, -0.15) is 0 Å². The van der Waals surface area contributed by atoms with Crippen LogP contribution < -0.4 is 16.0 Å². The summed E-state index contributed by atoms with van der Waals surface area (Å²) >= 11 is 0. The molecule has 112 valence electrons. The van der Waals surface area contributed by atoms with E-state index in [-0.39, 0.29) is 11.3 Å². The first-order chi connectivity index (χ1) is 9.42. The van der Waals surface area contributed by atoms with Gasteiger partial charge in [0.1, 0.15) is 12.4 Å². The standard InChI is InChI=1S/C15H24N2O3/c1-15(2,3)7-8-19-9-10-20-13-6-4-5-12(11-13)14(18)17-16/h4-6,11H,7-10,16H2,1-3H3,(H,17,18). The van der Waals surface area contributed by atoms with E-state index in [2.05, 4.69) is 26.2 Å². The fraction of sp³-hybridized carbons (Fsp3) is 0.533. The van der Waals surface area contributed by atoms with Crippen molar-refractivity contribution in [2.45, 2.75) is 27.2 Å². The summed E-state index contributed by atoms with van der Waals surface area (Å²) < 4.78 is 11.0. The molecule has 5 nitrogen and oxygen atoms in total. The summed E-state index contributed by atoms with van der Waals surface area (Å²) in [5, 5.41) is 0. The zero-order valence-electron chi connectivity index (χ0n) is 12.4. The maximum Gasteiger partial charge on any atom is 0.265 e. The van der Waals surface area contributed by atoms with Crippen LogP contribution in [0.25, 0.3) is 0 Å². The van der Waals surface area contributed by atoms with Gasteiger partial charge in [0.15, 0.2) is 0 Å². The van der Waals surface area contributed by atoms with E-state index in [1.807, 2.05) is 0 Å². The average Bonchev–Trinajstić information content (AvgIpc) is 2.41. The Balaban J connectivity index is 2.27. The minimum Gasteiger partial charge on any atom is -0.491 e. The summed E-state index contributed by atoms with van der Waals surface area (Å²) in [6.07, 6.45) is 1.01. The Hall–Kier alpha value is -1.59. The molecular formula is C15H24N2O3. The molecule has 1 aromatic carbocycles. The number of carbonyl (C=O) groups is 1. The van der Waals surface area contributed by atoms with Crippen molar-refractivity contribution >= 4 is 5.91 Å². The van der Waals surface area contributed by atoms with Gasteiger partial charge in [0.05, 0.1) is 6.61 Å². The Labute approximate surface area is 120 Å². The molecule has 1 amide bonds. The van der Waals surface area contributed by atoms with Gasteiger partial charge in [-0.15, -0.1) is 0 Å². The summed E-state index contributed by atoms with van der Waals surface area (Å²) in [7, 11) is 0. The van der Waals surface area contributed by atoms with Gasteiger partial charge in [0, 0.05) is 12.2 Å². The second-order valence-corrected chi connectivity index (χ2v) is 5.77. The molecule has 0 aliphatic heterocycles. The molecule has 0 bridgehead atoms. The van der Waals surface area contributed by atoms with Crippen LogP contribution in [0.3, 0.4) is 0 Å². The van der Waals surface area contributed by atoms with Gasteiger partial charge >= 0.3 is 0 Å². The van der Waals surface area contributed by atoms with E-state index in [1.165, 1.54) is 0 Å². The van der Waals surface area contributed by atoms with Crippen LogP contribution in [-0.4, -0.2) is 25.7 Å². The first-order valence-corrected chi connectivity index (χ1v) is 6.74. The fourth-order valence-electron chi connectivity index (χ4n) is 1.51. The van der Waals surface area contributed by atoms with E-state index in [0.717, 1.165) is 13.0 Å². The number of nitrogen functional groups attached to an aromatic ring is 1. The van der Waals surface area contributed by atoms with Crippen molar-refractivity contribution < 1.29 is 14.3 Å². The minimum absolute atomic E-state index is 0.283. The van der Waals surface area contributed by atoms with Crippen LogP contribution in [0.5, 0.6) is 5.75 Å². The normalized spacial score (nSPS) is 11.2. The van der Waals surface area contributed by atoms with E-state index in [1.54, 1.807) is 24.3 Å². The van der Waals surface area contributed by atoms with Crippen molar-refractivity contribution in [1.29, 1.82) is 0 Å². The minimum atomic E-state index is -0.336. The number of hydrogen-bond donors (Lipinski definition) is 2. The van der Waals surface area contributed by atoms with E-state index < -0.39 is 0 Å². The number of hydrazine groups is 1. The zero-order chi connectivity index (χ0) is 15.0. The van der Waals surface area contributed by atoms with E-state index in [4.69, 9.17) is 15.3 Å². The van der Waals surface area contributed by atoms with Gasteiger partial charge in [0.2, 0.25) is 0 Å². The van der Waals surface area contributed by atoms with Gasteiger partial charge in [0.25, 0.3) is 5.91 Å². The molecule has 0 radical (unpaired) electrons. The molecule has 0 atom stereocenters. The average molecular weight is 280 g/mol. The highest BCUT2D eigenvalue weighted by atomic mass is 16.5. The topological polar surface area (TPSA) is 73.6 Å². The Kier molecular flexibility index (Phi) is 6.48. The lowest BCUT2D eigenvalue weighted by Crippen LogP contribution is -2.29. The van der Waals surface area contributed by atoms with Gasteiger partial charge in [-0.25, -0.2) is 5.84 Å². The number of rotatable bonds is 7. The molecule has 0 spiro atoms. The lowest BCUT2D eigenvalue weighted by molar-refractivity contribution is 0.0818. The lowest BCUT2D eigenvalue weighted by atomic mass is 9.93. The van der Waals surface area contributed by atoms with Crippen LogP contribution >= 0.6 is 0 Å². The van der Waals surface area contributed by atoms with Gasteiger partial charge in [-0.3, -0.25) is 10.2 Å². The monoisotopic (exact) mass is 280 g/mol. The van der Waals surface area contributed by atoms with Gasteiger partial charge < -0.3 is 9.47 Å². The molecule has 1 rings (SSSR count). The second kappa shape index (κ2) is 7.87. The molecule has 3 N–H and O–H groups in total. The van der Waals surface area contributed by atoms with Crippen molar-refractivity contribution in [3.63, 3.8) is 0 Å². The predicted octanol–water partition coefficient (Wildman–Crippen LogP) is 2.12. The number of amides is 1. The Bertz CT molecular complexity index is 427.